The zero-order chi connectivity index (χ0) is 11.4. The molecule has 0 unspecified atom stereocenters. The van der Waals surface area contributed by atoms with Gasteiger partial charge in [0.15, 0.2) is 0 Å². The molecule has 0 saturated carbocycles. The molecule has 0 aliphatic heterocycles. The van der Waals surface area contributed by atoms with Gasteiger partial charge in [0, 0.05) is 12.0 Å². The highest BCUT2D eigenvalue weighted by Gasteiger charge is 2.11. The first-order valence-electron chi connectivity index (χ1n) is 4.40. The van der Waals surface area contributed by atoms with Crippen molar-refractivity contribution >= 4 is 21.9 Å². The van der Waals surface area contributed by atoms with E-state index < -0.39 is 11.8 Å². The second kappa shape index (κ2) is 5.11. The van der Waals surface area contributed by atoms with Crippen LogP contribution in [0.2, 0.25) is 0 Å². The first-order chi connectivity index (χ1) is 7.02. The van der Waals surface area contributed by atoms with Crippen molar-refractivity contribution in [2.75, 3.05) is 0 Å². The molecule has 1 rings (SSSR count). The molecule has 3 nitrogen and oxygen atoms in total. The van der Waals surface area contributed by atoms with Gasteiger partial charge >= 0.3 is 5.97 Å². The normalized spacial score (nSPS) is 10.3. The topological polar surface area (TPSA) is 57.5 Å². The smallest absolute Gasteiger partial charge is 0.303 e. The lowest BCUT2D eigenvalue weighted by Gasteiger charge is -2.06. The summed E-state index contributed by atoms with van der Waals surface area (Å²) in [4.78, 5) is 10.3. The number of halogens is 2. The zero-order valence-electron chi connectivity index (χ0n) is 7.83. The van der Waals surface area contributed by atoms with Crippen LogP contribution in [0.1, 0.15) is 18.4 Å². The lowest BCUT2D eigenvalue weighted by atomic mass is 10.1. The fourth-order valence-corrected chi connectivity index (χ4v) is 1.61. The number of carboxylic acid groups (broad SMARTS) is 1. The number of hydrogen-bond acceptors (Lipinski definition) is 2. The van der Waals surface area contributed by atoms with Gasteiger partial charge in [0.2, 0.25) is 0 Å². The Morgan fingerprint density at radius 3 is 2.73 bits per heavy atom. The van der Waals surface area contributed by atoms with E-state index in [9.17, 15) is 14.3 Å². The first-order valence-corrected chi connectivity index (χ1v) is 5.19. The number of aromatic hydroxyl groups is 1. The van der Waals surface area contributed by atoms with E-state index in [1.807, 2.05) is 0 Å². The summed E-state index contributed by atoms with van der Waals surface area (Å²) in [6.45, 7) is 0. The summed E-state index contributed by atoms with van der Waals surface area (Å²) in [6, 6.07) is 2.79. The van der Waals surface area contributed by atoms with Crippen LogP contribution in [0.4, 0.5) is 4.39 Å². The van der Waals surface area contributed by atoms with Crippen molar-refractivity contribution in [3.63, 3.8) is 0 Å². The van der Waals surface area contributed by atoms with E-state index in [0.29, 0.717) is 6.42 Å². The van der Waals surface area contributed by atoms with Gasteiger partial charge < -0.3 is 10.2 Å². The molecule has 0 heterocycles. The van der Waals surface area contributed by atoms with Crippen LogP contribution in [0, 0.1) is 5.82 Å². The molecule has 15 heavy (non-hydrogen) atoms. The molecule has 1 aromatic rings. The molecule has 0 aliphatic rings. The highest BCUT2D eigenvalue weighted by molar-refractivity contribution is 9.10. The van der Waals surface area contributed by atoms with Crippen LogP contribution in [-0.2, 0) is 11.2 Å². The van der Waals surface area contributed by atoms with Gasteiger partial charge in [-0.05, 0) is 40.9 Å². The van der Waals surface area contributed by atoms with E-state index >= 15 is 0 Å². The van der Waals surface area contributed by atoms with Crippen molar-refractivity contribution in [1.82, 2.24) is 0 Å². The van der Waals surface area contributed by atoms with Gasteiger partial charge in [0.05, 0.1) is 4.47 Å². The molecule has 0 spiro atoms. The molecule has 0 aromatic heterocycles. The SMILES string of the molecule is O=C(O)CCCc1c(O)ccc(Br)c1F. The summed E-state index contributed by atoms with van der Waals surface area (Å²) < 4.78 is 13.7. The summed E-state index contributed by atoms with van der Waals surface area (Å²) in [5, 5.41) is 17.8. The molecule has 82 valence electrons. The van der Waals surface area contributed by atoms with Crippen LogP contribution in [0.5, 0.6) is 5.75 Å². The molecule has 0 amide bonds. The van der Waals surface area contributed by atoms with Crippen LogP contribution >= 0.6 is 15.9 Å². The Morgan fingerprint density at radius 1 is 1.47 bits per heavy atom. The number of hydrogen-bond donors (Lipinski definition) is 2. The van der Waals surface area contributed by atoms with Crippen molar-refractivity contribution < 1.29 is 19.4 Å². The van der Waals surface area contributed by atoms with Gasteiger partial charge in [0.1, 0.15) is 11.6 Å². The number of rotatable bonds is 4. The molecule has 0 saturated heterocycles. The highest BCUT2D eigenvalue weighted by Crippen LogP contribution is 2.27. The fourth-order valence-electron chi connectivity index (χ4n) is 1.24. The Balaban J connectivity index is 2.75. The van der Waals surface area contributed by atoms with Crippen LogP contribution in [0.15, 0.2) is 16.6 Å². The van der Waals surface area contributed by atoms with Gasteiger partial charge in [-0.25, -0.2) is 4.39 Å². The van der Waals surface area contributed by atoms with Crippen molar-refractivity contribution in [3.05, 3.63) is 28.0 Å². The summed E-state index contributed by atoms with van der Waals surface area (Å²) >= 11 is 3.00. The number of carboxylic acids is 1. The fraction of sp³-hybridized carbons (Fsp3) is 0.300. The maximum atomic E-state index is 13.4. The van der Waals surface area contributed by atoms with E-state index in [2.05, 4.69) is 15.9 Å². The number of benzene rings is 1. The predicted molar refractivity (Wildman–Crippen MR) is 56.3 cm³/mol. The monoisotopic (exact) mass is 276 g/mol. The zero-order valence-corrected chi connectivity index (χ0v) is 9.42. The highest BCUT2D eigenvalue weighted by atomic mass is 79.9. The number of carbonyl (C=O) groups is 1. The van der Waals surface area contributed by atoms with Gasteiger partial charge in [-0.15, -0.1) is 0 Å². The third-order valence-electron chi connectivity index (χ3n) is 1.99. The van der Waals surface area contributed by atoms with Crippen LogP contribution < -0.4 is 0 Å². The molecule has 2 N–H and O–H groups in total. The molecule has 0 fully saturated rings. The van der Waals surface area contributed by atoms with E-state index in [4.69, 9.17) is 5.11 Å². The van der Waals surface area contributed by atoms with E-state index in [-0.39, 0.29) is 28.6 Å². The summed E-state index contributed by atoms with van der Waals surface area (Å²) in [6.07, 6.45) is 0.477. The Hall–Kier alpha value is -1.10. The Kier molecular flexibility index (Phi) is 4.08. The van der Waals surface area contributed by atoms with Crippen LogP contribution in [-0.4, -0.2) is 16.2 Å². The molecule has 0 aliphatic carbocycles. The average Bonchev–Trinajstić information content (AvgIpc) is 2.17. The van der Waals surface area contributed by atoms with Gasteiger partial charge in [-0.3, -0.25) is 4.79 Å². The van der Waals surface area contributed by atoms with Crippen LogP contribution in [0.25, 0.3) is 0 Å². The molecule has 1 aromatic carbocycles. The molecule has 0 atom stereocenters. The Labute approximate surface area is 94.7 Å². The molecular weight excluding hydrogens is 267 g/mol. The Bertz CT molecular complexity index is 379. The largest absolute Gasteiger partial charge is 0.508 e. The summed E-state index contributed by atoms with van der Waals surface area (Å²) in [7, 11) is 0. The standard InChI is InChI=1S/C10H10BrFO3/c11-7-4-5-8(13)6(10(7)12)2-1-3-9(14)15/h4-5,13H,1-3H2,(H,14,15). The number of aliphatic carboxylic acids is 1. The minimum Gasteiger partial charge on any atom is -0.508 e. The molecule has 0 radical (unpaired) electrons. The quantitative estimate of drug-likeness (QED) is 0.889. The lowest BCUT2D eigenvalue weighted by molar-refractivity contribution is -0.137. The van der Waals surface area contributed by atoms with Crippen LogP contribution in [0.3, 0.4) is 0 Å². The van der Waals surface area contributed by atoms with Gasteiger partial charge in [-0.1, -0.05) is 0 Å². The molecular formula is C10H10BrFO3. The second-order valence-corrected chi connectivity index (χ2v) is 3.96. The second-order valence-electron chi connectivity index (χ2n) is 3.11. The maximum absolute atomic E-state index is 13.4. The minimum absolute atomic E-state index is 0.0363. The van der Waals surface area contributed by atoms with E-state index in [0.717, 1.165) is 0 Å². The van der Waals surface area contributed by atoms with Crippen molar-refractivity contribution in [1.29, 1.82) is 0 Å². The van der Waals surface area contributed by atoms with Gasteiger partial charge in [-0.2, -0.15) is 0 Å². The summed E-state index contributed by atoms with van der Waals surface area (Å²) in [5.74, 6) is -1.59. The van der Waals surface area contributed by atoms with E-state index in [1.54, 1.807) is 0 Å². The predicted octanol–water partition coefficient (Wildman–Crippen LogP) is 2.70. The maximum Gasteiger partial charge on any atom is 0.303 e. The number of phenols is 1. The average molecular weight is 277 g/mol. The third kappa shape index (κ3) is 3.20. The summed E-state index contributed by atoms with van der Waals surface area (Å²) in [5.41, 5.74) is 0.158. The Morgan fingerprint density at radius 2 is 2.13 bits per heavy atom. The molecule has 0 bridgehead atoms. The van der Waals surface area contributed by atoms with E-state index in [1.165, 1.54) is 12.1 Å². The third-order valence-corrected chi connectivity index (χ3v) is 2.60. The number of phenolic OH excluding ortho intramolecular Hbond substituents is 1. The minimum atomic E-state index is -0.926. The van der Waals surface area contributed by atoms with Crippen molar-refractivity contribution in [2.24, 2.45) is 0 Å². The lowest BCUT2D eigenvalue weighted by Crippen LogP contribution is -1.98. The van der Waals surface area contributed by atoms with Crippen molar-refractivity contribution in [2.45, 2.75) is 19.3 Å². The molecule has 5 heteroatoms. The first kappa shape index (κ1) is 12.0. The van der Waals surface area contributed by atoms with Crippen molar-refractivity contribution in [3.8, 4) is 5.75 Å². The van der Waals surface area contributed by atoms with Gasteiger partial charge in [0.25, 0.3) is 0 Å².